The Kier molecular flexibility index (Phi) is 11.8. The zero-order chi connectivity index (χ0) is 32.6. The molecule has 0 aromatic heterocycles. The van der Waals surface area contributed by atoms with Gasteiger partial charge in [-0.2, -0.15) is 0 Å². The number of aliphatic hydroxyl groups excluding tert-OH is 1. The fraction of sp³-hybridized carbons (Fsp3) is 0.545. The van der Waals surface area contributed by atoms with Gasteiger partial charge in [0.2, 0.25) is 0 Å². The first kappa shape index (κ1) is 34.2. The predicted molar refractivity (Wildman–Crippen MR) is 166 cm³/mol. The molecule has 2 aliphatic heterocycles. The van der Waals surface area contributed by atoms with Crippen molar-refractivity contribution < 1.29 is 38.4 Å². The Morgan fingerprint density at radius 3 is 2.38 bits per heavy atom. The molecule has 12 heteroatoms. The van der Waals surface area contributed by atoms with Crippen LogP contribution in [0.1, 0.15) is 43.9 Å². The highest BCUT2D eigenvalue weighted by atomic mass is 16.7. The molecular weight excluding hydrogens is 580 g/mol. The Bertz CT molecular complexity index is 1270. The van der Waals surface area contributed by atoms with Crippen LogP contribution >= 0.6 is 0 Å². The van der Waals surface area contributed by atoms with E-state index in [0.717, 1.165) is 23.1 Å². The molecule has 4 rings (SSSR count). The number of hydrazine groups is 1. The van der Waals surface area contributed by atoms with Gasteiger partial charge in [0.1, 0.15) is 12.1 Å². The van der Waals surface area contributed by atoms with Crippen LogP contribution < -0.4 is 16.1 Å². The first-order valence-electron chi connectivity index (χ1n) is 15.3. The van der Waals surface area contributed by atoms with Crippen molar-refractivity contribution in [2.24, 2.45) is 11.3 Å². The summed E-state index contributed by atoms with van der Waals surface area (Å²) in [4.78, 5) is 38.8. The first-order valence-corrected chi connectivity index (χ1v) is 15.3. The number of benzene rings is 2. The quantitative estimate of drug-likeness (QED) is 0.261. The zero-order valence-electron chi connectivity index (χ0n) is 26.7. The number of ether oxygens (including phenoxy) is 4. The number of aliphatic hydroxyl groups is 1. The summed E-state index contributed by atoms with van der Waals surface area (Å²) in [6.45, 7) is 8.48. The first-order chi connectivity index (χ1) is 21.4. The largest absolute Gasteiger partial charge is 0.453 e. The Morgan fingerprint density at radius 2 is 1.71 bits per heavy atom. The van der Waals surface area contributed by atoms with E-state index in [1.807, 2.05) is 82.3 Å². The van der Waals surface area contributed by atoms with E-state index in [-0.39, 0.29) is 31.9 Å². The molecule has 2 saturated heterocycles. The Balaban J connectivity index is 1.52. The minimum absolute atomic E-state index is 0.0258. The molecule has 45 heavy (non-hydrogen) atoms. The van der Waals surface area contributed by atoms with Gasteiger partial charge >= 0.3 is 12.2 Å². The third kappa shape index (κ3) is 9.89. The van der Waals surface area contributed by atoms with E-state index in [9.17, 15) is 19.5 Å². The van der Waals surface area contributed by atoms with Crippen molar-refractivity contribution >= 4 is 18.1 Å². The van der Waals surface area contributed by atoms with E-state index in [1.165, 1.54) is 7.11 Å². The second kappa shape index (κ2) is 15.5. The maximum Gasteiger partial charge on any atom is 0.407 e. The summed E-state index contributed by atoms with van der Waals surface area (Å²) < 4.78 is 21.6. The van der Waals surface area contributed by atoms with Crippen molar-refractivity contribution in [2.45, 2.75) is 77.7 Å². The Hall–Kier alpha value is -3.71. The average Bonchev–Trinajstić information content (AvgIpc) is 3.61. The second-order valence-electron chi connectivity index (χ2n) is 12.8. The van der Waals surface area contributed by atoms with Crippen LogP contribution in [0.3, 0.4) is 0 Å². The molecule has 0 saturated carbocycles. The number of carbonyl (C=O) groups is 3. The lowest BCUT2D eigenvalue weighted by Crippen LogP contribution is -2.59. The lowest BCUT2D eigenvalue weighted by Gasteiger charge is -2.34. The van der Waals surface area contributed by atoms with Crippen LogP contribution in [-0.2, 0) is 36.7 Å². The van der Waals surface area contributed by atoms with Crippen LogP contribution in [-0.4, -0.2) is 85.7 Å². The molecule has 0 bridgehead atoms. The van der Waals surface area contributed by atoms with Gasteiger partial charge in [-0.3, -0.25) is 10.2 Å². The topological polar surface area (TPSA) is 148 Å². The van der Waals surface area contributed by atoms with Gasteiger partial charge < -0.3 is 34.7 Å². The Labute approximate surface area is 264 Å². The third-order valence-electron chi connectivity index (χ3n) is 8.06. The fourth-order valence-electron chi connectivity index (χ4n) is 5.51. The summed E-state index contributed by atoms with van der Waals surface area (Å²) in [5, 5.41) is 18.7. The van der Waals surface area contributed by atoms with Crippen LogP contribution in [0.15, 0.2) is 54.6 Å². The van der Waals surface area contributed by atoms with Gasteiger partial charge in [-0.15, -0.1) is 0 Å². The second-order valence-corrected chi connectivity index (χ2v) is 12.8. The number of hydrogen-bond donors (Lipinski definition) is 4. The number of alkyl carbamates (subject to hydrolysis) is 2. The minimum Gasteiger partial charge on any atom is -0.453 e. The summed E-state index contributed by atoms with van der Waals surface area (Å²) >= 11 is 0. The molecule has 2 fully saturated rings. The number of amides is 3. The van der Waals surface area contributed by atoms with E-state index < -0.39 is 47.8 Å². The minimum atomic E-state index is -1.13. The molecule has 246 valence electrons. The third-order valence-corrected chi connectivity index (χ3v) is 8.06. The maximum absolute atomic E-state index is 13.6. The highest BCUT2D eigenvalue weighted by molar-refractivity contribution is 5.86. The van der Waals surface area contributed by atoms with Gasteiger partial charge in [-0.1, -0.05) is 80.9 Å². The van der Waals surface area contributed by atoms with Crippen LogP contribution in [0.2, 0.25) is 0 Å². The number of hydrogen-bond acceptors (Lipinski definition) is 9. The van der Waals surface area contributed by atoms with Crippen molar-refractivity contribution in [2.75, 3.05) is 26.9 Å². The van der Waals surface area contributed by atoms with E-state index >= 15 is 0 Å². The Morgan fingerprint density at radius 1 is 1.00 bits per heavy atom. The van der Waals surface area contributed by atoms with Gasteiger partial charge in [0.05, 0.1) is 38.4 Å². The van der Waals surface area contributed by atoms with Crippen molar-refractivity contribution in [3.8, 4) is 0 Å². The number of fused-ring (bicyclic) bond motifs is 1. The predicted octanol–water partition coefficient (Wildman–Crippen LogP) is 3.06. The summed E-state index contributed by atoms with van der Waals surface area (Å²) in [5.74, 6) is -0.504. The number of aryl methyl sites for hydroxylation is 1. The number of rotatable bonds is 12. The summed E-state index contributed by atoms with van der Waals surface area (Å²) in [5.41, 5.74) is 5.12. The molecule has 6 atom stereocenters. The summed E-state index contributed by atoms with van der Waals surface area (Å²) in [6, 6.07) is 15.6. The number of nitrogens with zero attached hydrogens (tertiary/aromatic N) is 1. The highest BCUT2D eigenvalue weighted by Gasteiger charge is 2.44. The van der Waals surface area contributed by atoms with Gasteiger partial charge in [0.15, 0.2) is 6.29 Å². The van der Waals surface area contributed by atoms with E-state index in [1.54, 1.807) is 5.01 Å². The molecular formula is C33H46N4O8. The molecule has 0 radical (unpaired) electrons. The van der Waals surface area contributed by atoms with E-state index in [2.05, 4.69) is 16.1 Å². The van der Waals surface area contributed by atoms with Crippen LogP contribution in [0, 0.1) is 18.3 Å². The molecule has 12 nitrogen and oxygen atoms in total. The lowest BCUT2D eigenvalue weighted by molar-refractivity contribution is -0.131. The summed E-state index contributed by atoms with van der Waals surface area (Å²) in [7, 11) is 1.23. The van der Waals surface area contributed by atoms with Crippen molar-refractivity contribution in [1.82, 2.24) is 21.1 Å². The standard InChI is InChI=1S/C33H46N4O8/c1-21-11-13-22(14-12-21)17-25(34-32(41)45-27-20-44-30-24(27)15-16-43-30)26(38)19-37(18-23-9-7-6-8-10-23)36-29(39)28(33(2,3)4)35-31(40)42-5/h6-14,24-28,30,38H,15-20H2,1-5H3,(H,34,41)(H,35,40)(H,36,39)/t24-,25-,26-,27-,28+,30+/m0/s1. The molecule has 4 N–H and O–H groups in total. The van der Waals surface area contributed by atoms with Gasteiger partial charge in [-0.25, -0.2) is 14.6 Å². The molecule has 0 aliphatic carbocycles. The maximum atomic E-state index is 13.6. The van der Waals surface area contributed by atoms with Crippen molar-refractivity contribution in [3.63, 3.8) is 0 Å². The van der Waals surface area contributed by atoms with Gasteiger partial charge in [-0.05, 0) is 36.3 Å². The number of nitrogens with one attached hydrogen (secondary N) is 3. The number of methoxy groups -OCH3 is 1. The van der Waals surface area contributed by atoms with Gasteiger partial charge in [0, 0.05) is 13.1 Å². The molecule has 2 heterocycles. The zero-order valence-corrected chi connectivity index (χ0v) is 26.7. The average molecular weight is 627 g/mol. The van der Waals surface area contributed by atoms with Crippen LogP contribution in [0.5, 0.6) is 0 Å². The van der Waals surface area contributed by atoms with Gasteiger partial charge in [0.25, 0.3) is 5.91 Å². The monoisotopic (exact) mass is 626 g/mol. The SMILES string of the molecule is COC(=O)N[C@H](C(=O)NN(Cc1ccccc1)C[C@H](O)[C@H](Cc1ccc(C)cc1)NC(=O)O[C@H]1CO[C@H]2OCC[C@H]21)C(C)(C)C. The summed E-state index contributed by atoms with van der Waals surface area (Å²) in [6.07, 6.45) is -2.28. The molecule has 2 aromatic rings. The van der Waals surface area contributed by atoms with Crippen LogP contribution in [0.4, 0.5) is 9.59 Å². The molecule has 0 unspecified atom stereocenters. The molecule has 0 spiro atoms. The normalized spacial score (nSPS) is 21.4. The highest BCUT2D eigenvalue weighted by Crippen LogP contribution is 2.33. The molecule has 2 aromatic carbocycles. The lowest BCUT2D eigenvalue weighted by atomic mass is 9.86. The molecule has 2 aliphatic rings. The van der Waals surface area contributed by atoms with Crippen LogP contribution in [0.25, 0.3) is 0 Å². The van der Waals surface area contributed by atoms with Crippen molar-refractivity contribution in [3.05, 3.63) is 71.3 Å². The smallest absolute Gasteiger partial charge is 0.407 e. The fourth-order valence-corrected chi connectivity index (χ4v) is 5.51. The number of carbonyl (C=O) groups excluding carboxylic acids is 3. The molecule has 3 amide bonds. The van der Waals surface area contributed by atoms with Crippen molar-refractivity contribution in [1.29, 1.82) is 0 Å². The van der Waals surface area contributed by atoms with E-state index in [0.29, 0.717) is 13.0 Å². The van der Waals surface area contributed by atoms with E-state index in [4.69, 9.17) is 18.9 Å².